The number of nitrogens with one attached hydrogen (secondary N) is 1. The second kappa shape index (κ2) is 6.93. The van der Waals surface area contributed by atoms with E-state index in [1.807, 2.05) is 25.1 Å². The molecule has 0 aliphatic carbocycles. The number of aromatic nitrogens is 2. The van der Waals surface area contributed by atoms with Gasteiger partial charge in [0.15, 0.2) is 0 Å². The second-order valence-corrected chi connectivity index (χ2v) is 4.71. The highest BCUT2D eigenvalue weighted by molar-refractivity contribution is 5.44. The van der Waals surface area contributed by atoms with Crippen molar-refractivity contribution in [1.29, 1.82) is 0 Å². The van der Waals surface area contributed by atoms with Gasteiger partial charge in [-0.15, -0.1) is 0 Å². The van der Waals surface area contributed by atoms with Gasteiger partial charge in [0.2, 0.25) is 5.95 Å². The minimum absolute atomic E-state index is 0.694. The van der Waals surface area contributed by atoms with Crippen LogP contribution in [0.3, 0.4) is 0 Å². The third-order valence-corrected chi connectivity index (χ3v) is 3.01. The van der Waals surface area contributed by atoms with Crippen molar-refractivity contribution < 1.29 is 4.42 Å². The highest BCUT2D eigenvalue weighted by Gasteiger charge is 2.11. The van der Waals surface area contributed by atoms with E-state index < -0.39 is 0 Å². The molecule has 5 nitrogen and oxygen atoms in total. The summed E-state index contributed by atoms with van der Waals surface area (Å²) in [7, 11) is 0. The summed E-state index contributed by atoms with van der Waals surface area (Å²) in [6.45, 7) is 8.69. The van der Waals surface area contributed by atoms with Gasteiger partial charge in [-0.05, 0) is 32.4 Å². The SMILES string of the molecule is CCCNc1nc(C)cc(N(CC)Cc2ccco2)n1. The zero-order valence-corrected chi connectivity index (χ0v) is 12.4. The Morgan fingerprint density at radius 3 is 2.80 bits per heavy atom. The summed E-state index contributed by atoms with van der Waals surface area (Å²) in [5.74, 6) is 2.56. The second-order valence-electron chi connectivity index (χ2n) is 4.71. The van der Waals surface area contributed by atoms with Crippen LogP contribution in [-0.2, 0) is 6.54 Å². The van der Waals surface area contributed by atoms with Crippen LogP contribution in [0.15, 0.2) is 28.9 Å². The molecule has 2 rings (SSSR count). The molecule has 0 amide bonds. The van der Waals surface area contributed by atoms with Crippen molar-refractivity contribution >= 4 is 11.8 Å². The summed E-state index contributed by atoms with van der Waals surface area (Å²) < 4.78 is 5.41. The van der Waals surface area contributed by atoms with Gasteiger partial charge in [0.1, 0.15) is 11.6 Å². The van der Waals surface area contributed by atoms with Crippen LogP contribution in [0.25, 0.3) is 0 Å². The first kappa shape index (κ1) is 14.4. The van der Waals surface area contributed by atoms with Gasteiger partial charge in [-0.3, -0.25) is 0 Å². The quantitative estimate of drug-likeness (QED) is 0.840. The Kier molecular flexibility index (Phi) is 4.98. The van der Waals surface area contributed by atoms with Crippen LogP contribution in [0, 0.1) is 6.92 Å². The molecule has 2 aromatic rings. The molecule has 0 bridgehead atoms. The van der Waals surface area contributed by atoms with E-state index in [0.29, 0.717) is 12.5 Å². The Hall–Kier alpha value is -2.04. The average molecular weight is 274 g/mol. The van der Waals surface area contributed by atoms with Crippen LogP contribution in [-0.4, -0.2) is 23.1 Å². The molecule has 0 radical (unpaired) electrons. The van der Waals surface area contributed by atoms with Gasteiger partial charge in [-0.2, -0.15) is 4.98 Å². The predicted molar refractivity (Wildman–Crippen MR) is 81.0 cm³/mol. The van der Waals surface area contributed by atoms with Gasteiger partial charge in [0.05, 0.1) is 12.8 Å². The molecule has 0 atom stereocenters. The van der Waals surface area contributed by atoms with Crippen molar-refractivity contribution in [2.45, 2.75) is 33.7 Å². The first-order chi connectivity index (χ1) is 9.72. The van der Waals surface area contributed by atoms with Gasteiger partial charge in [-0.1, -0.05) is 6.92 Å². The Morgan fingerprint density at radius 1 is 1.30 bits per heavy atom. The molecule has 0 fully saturated rings. The molecule has 1 N–H and O–H groups in total. The fourth-order valence-corrected chi connectivity index (χ4v) is 1.98. The molecule has 0 aliphatic heterocycles. The Labute approximate surface area is 120 Å². The lowest BCUT2D eigenvalue weighted by Gasteiger charge is -2.21. The molecule has 108 valence electrons. The standard InChI is InChI=1S/C15H22N4O/c1-4-8-16-15-17-12(3)10-14(18-15)19(5-2)11-13-7-6-9-20-13/h6-7,9-10H,4-5,8,11H2,1-3H3,(H,16,17,18). The summed E-state index contributed by atoms with van der Waals surface area (Å²) in [6, 6.07) is 5.89. The first-order valence-electron chi connectivity index (χ1n) is 7.09. The number of furan rings is 1. The lowest BCUT2D eigenvalue weighted by molar-refractivity contribution is 0.503. The van der Waals surface area contributed by atoms with Gasteiger partial charge < -0.3 is 14.6 Å². The van der Waals surface area contributed by atoms with Crippen LogP contribution >= 0.6 is 0 Å². The summed E-state index contributed by atoms with van der Waals surface area (Å²) in [4.78, 5) is 11.2. The molecule has 5 heteroatoms. The van der Waals surface area contributed by atoms with E-state index in [0.717, 1.165) is 36.8 Å². The molecule has 20 heavy (non-hydrogen) atoms. The minimum Gasteiger partial charge on any atom is -0.467 e. The van der Waals surface area contributed by atoms with Crippen molar-refractivity contribution in [3.8, 4) is 0 Å². The van der Waals surface area contributed by atoms with Crippen molar-refractivity contribution in [1.82, 2.24) is 9.97 Å². The van der Waals surface area contributed by atoms with Crippen molar-refractivity contribution in [2.75, 3.05) is 23.3 Å². The van der Waals surface area contributed by atoms with E-state index >= 15 is 0 Å². The maximum absolute atomic E-state index is 5.41. The van der Waals surface area contributed by atoms with Gasteiger partial charge in [0, 0.05) is 24.8 Å². The first-order valence-corrected chi connectivity index (χ1v) is 7.09. The fourth-order valence-electron chi connectivity index (χ4n) is 1.98. The summed E-state index contributed by atoms with van der Waals surface area (Å²) in [5.41, 5.74) is 0.964. The van der Waals surface area contributed by atoms with E-state index in [2.05, 4.69) is 34.0 Å². The van der Waals surface area contributed by atoms with E-state index in [1.165, 1.54) is 0 Å². The third-order valence-electron chi connectivity index (χ3n) is 3.01. The van der Waals surface area contributed by atoms with E-state index in [-0.39, 0.29) is 0 Å². The monoisotopic (exact) mass is 274 g/mol. The average Bonchev–Trinajstić information content (AvgIpc) is 2.95. The molecule has 0 spiro atoms. The van der Waals surface area contributed by atoms with Crippen molar-refractivity contribution in [3.05, 3.63) is 35.9 Å². The fraction of sp³-hybridized carbons (Fsp3) is 0.467. The molecular weight excluding hydrogens is 252 g/mol. The summed E-state index contributed by atoms with van der Waals surface area (Å²) in [5, 5.41) is 3.24. The smallest absolute Gasteiger partial charge is 0.224 e. The molecule has 0 unspecified atom stereocenters. The Balaban J connectivity index is 2.17. The zero-order valence-electron chi connectivity index (χ0n) is 12.4. The number of hydrogen-bond donors (Lipinski definition) is 1. The van der Waals surface area contributed by atoms with Crippen molar-refractivity contribution in [2.24, 2.45) is 0 Å². The number of nitrogens with zero attached hydrogens (tertiary/aromatic N) is 3. The number of anilines is 2. The van der Waals surface area contributed by atoms with E-state index in [9.17, 15) is 0 Å². The van der Waals surface area contributed by atoms with Crippen LogP contribution < -0.4 is 10.2 Å². The highest BCUT2D eigenvalue weighted by Crippen LogP contribution is 2.17. The molecule has 2 heterocycles. The predicted octanol–water partition coefficient (Wildman–Crippen LogP) is 3.23. The van der Waals surface area contributed by atoms with Crippen LogP contribution in [0.5, 0.6) is 0 Å². The van der Waals surface area contributed by atoms with Crippen molar-refractivity contribution in [3.63, 3.8) is 0 Å². The van der Waals surface area contributed by atoms with Gasteiger partial charge >= 0.3 is 0 Å². The zero-order chi connectivity index (χ0) is 14.4. The topological polar surface area (TPSA) is 54.2 Å². The molecule has 0 aliphatic rings. The molecule has 2 aromatic heterocycles. The molecular formula is C15H22N4O. The number of rotatable bonds is 7. The number of hydrogen-bond acceptors (Lipinski definition) is 5. The minimum atomic E-state index is 0.694. The maximum atomic E-state index is 5.41. The Bertz CT molecular complexity index is 525. The van der Waals surface area contributed by atoms with Crippen LogP contribution in [0.4, 0.5) is 11.8 Å². The summed E-state index contributed by atoms with van der Waals surface area (Å²) in [6.07, 6.45) is 2.75. The molecule has 0 saturated carbocycles. The number of aryl methyl sites for hydroxylation is 1. The maximum Gasteiger partial charge on any atom is 0.224 e. The van der Waals surface area contributed by atoms with Crippen LogP contribution in [0.2, 0.25) is 0 Å². The lowest BCUT2D eigenvalue weighted by Crippen LogP contribution is -2.23. The van der Waals surface area contributed by atoms with Crippen LogP contribution in [0.1, 0.15) is 31.7 Å². The largest absolute Gasteiger partial charge is 0.467 e. The van der Waals surface area contributed by atoms with E-state index in [4.69, 9.17) is 4.42 Å². The van der Waals surface area contributed by atoms with E-state index in [1.54, 1.807) is 6.26 Å². The molecule has 0 saturated heterocycles. The normalized spacial score (nSPS) is 10.6. The third kappa shape index (κ3) is 3.73. The Morgan fingerprint density at radius 2 is 2.15 bits per heavy atom. The molecule has 0 aromatic carbocycles. The summed E-state index contributed by atoms with van der Waals surface area (Å²) >= 11 is 0. The van der Waals surface area contributed by atoms with Gasteiger partial charge in [0.25, 0.3) is 0 Å². The highest BCUT2D eigenvalue weighted by atomic mass is 16.3. The lowest BCUT2D eigenvalue weighted by atomic mass is 10.3. The van der Waals surface area contributed by atoms with Gasteiger partial charge in [-0.25, -0.2) is 4.98 Å².